The molecule has 0 radical (unpaired) electrons. The molecular weight excluding hydrogens is 1010 g/mol. The minimum atomic E-state index is 0.504. The summed E-state index contributed by atoms with van der Waals surface area (Å²) < 4.78 is 0. The van der Waals surface area contributed by atoms with E-state index in [9.17, 15) is 0 Å². The molecule has 0 aromatic carbocycles. The van der Waals surface area contributed by atoms with Gasteiger partial charge in [-0.25, -0.2) is 0 Å². The topological polar surface area (TPSA) is 0 Å². The van der Waals surface area contributed by atoms with Gasteiger partial charge in [0.1, 0.15) is 0 Å². The lowest BCUT2D eigenvalue weighted by Crippen LogP contribution is -2.36. The molecule has 7 aliphatic rings. The molecule has 0 amide bonds. The van der Waals surface area contributed by atoms with Gasteiger partial charge in [0, 0.05) is 0 Å². The van der Waals surface area contributed by atoms with Crippen molar-refractivity contribution in [3.8, 4) is 0 Å². The predicted molar refractivity (Wildman–Crippen MR) is 386 cm³/mol. The summed E-state index contributed by atoms with van der Waals surface area (Å²) in [6.07, 6.45) is 31.9. The fourth-order valence-electron chi connectivity index (χ4n) is 20.0. The highest BCUT2D eigenvalue weighted by atomic mass is 14.5. The summed E-state index contributed by atoms with van der Waals surface area (Å²) in [4.78, 5) is 0. The summed E-state index contributed by atoms with van der Waals surface area (Å²) in [6.45, 7) is 84.2. The van der Waals surface area contributed by atoms with Crippen molar-refractivity contribution >= 4 is 0 Å². The van der Waals surface area contributed by atoms with Crippen molar-refractivity contribution in [2.75, 3.05) is 0 Å². The van der Waals surface area contributed by atoms with Crippen molar-refractivity contribution in [3.05, 3.63) is 0 Å². The van der Waals surface area contributed by atoms with Crippen LogP contribution in [0, 0.1) is 156 Å². The van der Waals surface area contributed by atoms with E-state index in [0.29, 0.717) is 43.3 Å². The predicted octanol–water partition coefficient (Wildman–Crippen LogP) is 28.9. The molecule has 0 bridgehead atoms. The quantitative estimate of drug-likeness (QED) is 0.227. The van der Waals surface area contributed by atoms with Crippen LogP contribution in [-0.4, -0.2) is 0 Å². The van der Waals surface area contributed by atoms with Gasteiger partial charge in [-0.3, -0.25) is 0 Å². The van der Waals surface area contributed by atoms with Crippen LogP contribution in [-0.2, 0) is 0 Å². The first-order chi connectivity index (χ1) is 37.8. The van der Waals surface area contributed by atoms with Gasteiger partial charge in [-0.15, -0.1) is 0 Å². The molecule has 0 heterocycles. The zero-order valence-corrected chi connectivity index (χ0v) is 65.5. The lowest BCUT2D eigenvalue weighted by atomic mass is 9.59. The Bertz CT molecular complexity index is 1660. The average molecular weight is 1180 g/mol. The first-order valence-electron chi connectivity index (χ1n) is 37.8. The number of hydrogen-bond acceptors (Lipinski definition) is 0. The first kappa shape index (κ1) is 82.0. The minimum absolute atomic E-state index is 0.504. The van der Waals surface area contributed by atoms with Crippen molar-refractivity contribution in [2.45, 2.75) is 384 Å². The molecular formula is C84H168. The molecule has 0 N–H and O–H groups in total. The lowest BCUT2D eigenvalue weighted by Gasteiger charge is -2.46. The van der Waals surface area contributed by atoms with Gasteiger partial charge in [-0.1, -0.05) is 313 Å². The molecule has 7 rings (SSSR count). The molecule has 0 heteroatoms. The fraction of sp³-hybridized carbons (Fsp3) is 1.00. The Kier molecular flexibility index (Phi) is 33.8. The monoisotopic (exact) mass is 1180 g/mol. The molecule has 0 aliphatic heterocycles. The van der Waals surface area contributed by atoms with Crippen LogP contribution in [0.2, 0.25) is 0 Å². The van der Waals surface area contributed by atoms with Gasteiger partial charge in [0.05, 0.1) is 0 Å². The highest BCUT2D eigenvalue weighted by Gasteiger charge is 2.41. The third-order valence-corrected chi connectivity index (χ3v) is 25.3. The highest BCUT2D eigenvalue weighted by molar-refractivity contribution is 4.91. The van der Waals surface area contributed by atoms with Crippen LogP contribution in [0.4, 0.5) is 0 Å². The summed E-state index contributed by atoms with van der Waals surface area (Å²) in [5.74, 6) is 18.0. The third-order valence-electron chi connectivity index (χ3n) is 25.3. The molecule has 17 atom stereocenters. The molecule has 84 heavy (non-hydrogen) atoms. The molecule has 0 saturated heterocycles. The normalized spacial score (nSPS) is 37.1. The zero-order chi connectivity index (χ0) is 65.5. The van der Waals surface area contributed by atoms with E-state index in [2.05, 4.69) is 242 Å². The molecule has 0 nitrogen and oxygen atoms in total. The Labute approximate surface area is 536 Å². The molecule has 7 fully saturated rings. The van der Waals surface area contributed by atoms with Crippen LogP contribution in [0.25, 0.3) is 0 Å². The maximum atomic E-state index is 2.45. The van der Waals surface area contributed by atoms with Gasteiger partial charge in [0.2, 0.25) is 0 Å². The van der Waals surface area contributed by atoms with Gasteiger partial charge in [-0.2, -0.15) is 0 Å². The van der Waals surface area contributed by atoms with E-state index < -0.39 is 0 Å². The molecule has 0 aromatic heterocycles. The maximum Gasteiger partial charge on any atom is -0.0314 e. The van der Waals surface area contributed by atoms with Gasteiger partial charge in [0.25, 0.3) is 0 Å². The minimum Gasteiger partial charge on any atom is -0.0625 e. The Morgan fingerprint density at radius 2 is 0.690 bits per heavy atom. The average Bonchev–Trinajstić information content (AvgIpc) is 3.52. The maximum absolute atomic E-state index is 2.45. The van der Waals surface area contributed by atoms with Crippen LogP contribution in [0.15, 0.2) is 0 Å². The van der Waals surface area contributed by atoms with Crippen molar-refractivity contribution in [1.82, 2.24) is 0 Å². The Balaban J connectivity index is 0.000000490. The largest absolute Gasteiger partial charge is 0.0625 e. The van der Waals surface area contributed by atoms with E-state index in [1.165, 1.54) is 141 Å². The van der Waals surface area contributed by atoms with Crippen molar-refractivity contribution in [1.29, 1.82) is 0 Å². The molecule has 7 saturated carbocycles. The summed E-state index contributed by atoms with van der Waals surface area (Å²) in [7, 11) is 0. The van der Waals surface area contributed by atoms with Crippen LogP contribution in [0.1, 0.15) is 384 Å². The Morgan fingerprint density at radius 3 is 1.06 bits per heavy atom. The smallest absolute Gasteiger partial charge is 0.0314 e. The molecule has 17 unspecified atom stereocenters. The van der Waals surface area contributed by atoms with E-state index >= 15 is 0 Å². The second-order valence-corrected chi connectivity index (χ2v) is 41.2. The summed E-state index contributed by atoms with van der Waals surface area (Å²) in [5, 5.41) is 0. The SMILES string of the molecule is CC(C)(C)C1CCCCC1(C)C.CC1CC(C)CC(C(C)(C)C)C1.CC1CCC(C(C)(C)C)C(C)C1.CC1CCC(C(C)(C)C)CC1C.CC1CCC(C)C(C(C)(C)C)C1.CC1CCCC(C(C)(C)C)C1C.CC1CCCC(C)C1C(C)(C)C. The second kappa shape index (κ2) is 34.6. The van der Waals surface area contributed by atoms with Crippen LogP contribution in [0.3, 0.4) is 0 Å². The highest BCUT2D eigenvalue weighted by Crippen LogP contribution is 2.51. The van der Waals surface area contributed by atoms with Crippen LogP contribution >= 0.6 is 0 Å². The summed E-state index contributed by atoms with van der Waals surface area (Å²) in [5.41, 5.74) is 4.23. The van der Waals surface area contributed by atoms with Gasteiger partial charge in [0.15, 0.2) is 0 Å². The molecule has 0 aromatic rings. The van der Waals surface area contributed by atoms with Gasteiger partial charge >= 0.3 is 0 Å². The Hall–Kier alpha value is 0. The van der Waals surface area contributed by atoms with Crippen molar-refractivity contribution < 1.29 is 0 Å². The fourth-order valence-corrected chi connectivity index (χ4v) is 20.0. The Morgan fingerprint density at radius 1 is 0.250 bits per heavy atom. The van der Waals surface area contributed by atoms with Gasteiger partial charge < -0.3 is 0 Å². The second-order valence-electron chi connectivity index (χ2n) is 41.2. The first-order valence-corrected chi connectivity index (χ1v) is 37.8. The molecule has 0 spiro atoms. The number of hydrogen-bond donors (Lipinski definition) is 0. The standard InChI is InChI=1S/7C12H24/c1-9-6-10(2)8-11(7-9)12(3,4)5;1-9-6-7-11(8-10(9)2)12(3,4)5;1-9-6-7-11(10(2)8-9)12(3,4)5;1-9-6-7-10(2)11(8-9)12(3,4)5;1-11(2,3)10-8-6-7-9-12(10,4)5;1-9-7-6-8-11(10(9)2)12(3,4)5;1-9-7-6-8-10(2)11(9)12(3,4)5/h4*9-11H,6-8H2,1-5H3;10H,6-9H2,1-5H3;2*9-11H,6-8H2,1-5H3. The third kappa shape index (κ3) is 29.5. The van der Waals surface area contributed by atoms with Crippen LogP contribution in [0.5, 0.6) is 0 Å². The summed E-state index contributed by atoms with van der Waals surface area (Å²) in [6, 6.07) is 0. The molecule has 7 aliphatic carbocycles. The van der Waals surface area contributed by atoms with Crippen LogP contribution < -0.4 is 0 Å². The zero-order valence-electron chi connectivity index (χ0n) is 65.5. The van der Waals surface area contributed by atoms with E-state index in [-0.39, 0.29) is 0 Å². The van der Waals surface area contributed by atoms with Crippen molar-refractivity contribution in [3.63, 3.8) is 0 Å². The van der Waals surface area contributed by atoms with E-state index in [1.807, 2.05) is 0 Å². The van der Waals surface area contributed by atoms with E-state index in [1.54, 1.807) is 0 Å². The lowest BCUT2D eigenvalue weighted by molar-refractivity contribution is 0.0413. The van der Waals surface area contributed by atoms with E-state index in [4.69, 9.17) is 0 Å². The number of rotatable bonds is 0. The van der Waals surface area contributed by atoms with Gasteiger partial charge in [-0.05, 0) is 226 Å². The summed E-state index contributed by atoms with van der Waals surface area (Å²) >= 11 is 0. The molecule has 504 valence electrons. The van der Waals surface area contributed by atoms with E-state index in [0.717, 1.165) is 112 Å². The van der Waals surface area contributed by atoms with Crippen molar-refractivity contribution in [2.24, 2.45) is 156 Å².